The third-order valence-corrected chi connectivity index (χ3v) is 5.48. The topological polar surface area (TPSA) is 108 Å². The minimum absolute atomic E-state index is 0.307. The van der Waals surface area contributed by atoms with Crippen LogP contribution in [0.3, 0.4) is 0 Å². The molecule has 0 spiro atoms. The highest BCUT2D eigenvalue weighted by Gasteiger charge is 2.55. The average Bonchev–Trinajstić information content (AvgIpc) is 2.79. The molecule has 1 heterocycles. The number of hydrogen-bond donors (Lipinski definition) is 3. The molecular formula is C9H16F6N3O5S2+. The molecule has 0 bridgehead atoms. The van der Waals surface area contributed by atoms with E-state index in [1.165, 1.54) is 4.90 Å². The summed E-state index contributed by atoms with van der Waals surface area (Å²) in [6.07, 6.45) is 5.11. The Morgan fingerprint density at radius 3 is 1.80 bits per heavy atom. The van der Waals surface area contributed by atoms with Crippen molar-refractivity contribution < 1.29 is 53.2 Å². The molecule has 0 saturated carbocycles. The highest BCUT2D eigenvalue weighted by atomic mass is 32.3. The van der Waals surface area contributed by atoms with E-state index in [4.69, 9.17) is 5.11 Å². The van der Waals surface area contributed by atoms with Crippen molar-refractivity contribution >= 4 is 20.0 Å². The summed E-state index contributed by atoms with van der Waals surface area (Å²) >= 11 is 0. The maximum Gasteiger partial charge on any atom is 0.512 e. The number of halogens is 6. The van der Waals surface area contributed by atoms with E-state index in [1.807, 2.05) is 0 Å². The van der Waals surface area contributed by atoms with Crippen LogP contribution in [0.15, 0.2) is 12.4 Å². The maximum absolute atomic E-state index is 11.5. The predicted octanol–water partition coefficient (Wildman–Crippen LogP) is -1.10. The first kappa shape index (κ1) is 23.9. The molecule has 1 unspecified atom stereocenters. The molecule has 0 saturated heterocycles. The molecule has 150 valence electrons. The number of rotatable bonds is 5. The molecule has 0 fully saturated rings. The molecule has 3 N–H and O–H groups in total. The maximum atomic E-state index is 11.5. The third kappa shape index (κ3) is 7.76. The highest BCUT2D eigenvalue weighted by molar-refractivity contribution is 8.05. The summed E-state index contributed by atoms with van der Waals surface area (Å²) in [6, 6.07) is 0. The lowest BCUT2D eigenvalue weighted by atomic mass is 10.4. The quantitative estimate of drug-likeness (QED) is 0.484. The molecule has 0 aromatic heterocycles. The summed E-state index contributed by atoms with van der Waals surface area (Å²) in [6.45, 7) is 2.39. The van der Waals surface area contributed by atoms with Gasteiger partial charge in [-0.2, -0.15) is 26.3 Å². The lowest BCUT2D eigenvalue weighted by Crippen LogP contribution is -3.07. The second-order valence-electron chi connectivity index (χ2n) is 4.70. The molecule has 1 aliphatic heterocycles. The van der Waals surface area contributed by atoms with Gasteiger partial charge in [-0.15, -0.1) is 0 Å². The van der Waals surface area contributed by atoms with Crippen molar-refractivity contribution in [1.29, 1.82) is 0 Å². The number of hydrogen-bond acceptors (Lipinski definition) is 6. The molecule has 1 rings (SSSR count). The van der Waals surface area contributed by atoms with E-state index >= 15 is 0 Å². The van der Waals surface area contributed by atoms with E-state index in [-0.39, 0.29) is 0 Å². The fraction of sp³-hybridized carbons (Fsp3) is 0.778. The summed E-state index contributed by atoms with van der Waals surface area (Å²) in [4.78, 5) is 3.57. The van der Waals surface area contributed by atoms with Gasteiger partial charge in [-0.05, 0) is 0 Å². The van der Waals surface area contributed by atoms with Gasteiger partial charge in [0.25, 0.3) is 0 Å². The monoisotopic (exact) mass is 424 g/mol. The Hall–Kier alpha value is -1.10. The lowest BCUT2D eigenvalue weighted by Gasteiger charge is -2.11. The van der Waals surface area contributed by atoms with E-state index in [1.54, 1.807) is 0 Å². The van der Waals surface area contributed by atoms with E-state index in [9.17, 15) is 43.2 Å². The van der Waals surface area contributed by atoms with Gasteiger partial charge in [0.05, 0.1) is 12.7 Å². The normalized spacial score (nSPS) is 18.9. The Morgan fingerprint density at radius 1 is 1.08 bits per heavy atom. The van der Waals surface area contributed by atoms with Crippen molar-refractivity contribution in [2.45, 2.75) is 17.4 Å². The molecule has 1 aliphatic rings. The van der Waals surface area contributed by atoms with E-state index in [2.05, 4.69) is 24.3 Å². The number of nitrogens with one attached hydrogen (secondary N) is 2. The van der Waals surface area contributed by atoms with Gasteiger partial charge in [0.15, 0.2) is 6.67 Å². The van der Waals surface area contributed by atoms with Crippen molar-refractivity contribution in [3.05, 3.63) is 12.4 Å². The second-order valence-corrected chi connectivity index (χ2v) is 8.30. The highest BCUT2D eigenvalue weighted by Crippen LogP contribution is 2.27. The van der Waals surface area contributed by atoms with Crippen molar-refractivity contribution in [3.63, 3.8) is 0 Å². The number of sulfonamides is 2. The van der Waals surface area contributed by atoms with Gasteiger partial charge in [-0.1, -0.05) is 4.13 Å². The fourth-order valence-corrected chi connectivity index (χ4v) is 3.28. The van der Waals surface area contributed by atoms with Gasteiger partial charge in [0, 0.05) is 20.1 Å². The first-order chi connectivity index (χ1) is 11.0. The Balaban J connectivity index is 0.000000496. The number of quaternary nitrogens is 1. The van der Waals surface area contributed by atoms with Gasteiger partial charge >= 0.3 is 31.1 Å². The average molecular weight is 424 g/mol. The molecule has 0 amide bonds. The van der Waals surface area contributed by atoms with Gasteiger partial charge in [-0.3, -0.25) is 4.90 Å². The lowest BCUT2D eigenvalue weighted by molar-refractivity contribution is -0.848. The molecule has 1 atom stereocenters. The van der Waals surface area contributed by atoms with Crippen molar-refractivity contribution in [3.8, 4) is 0 Å². The van der Waals surface area contributed by atoms with Crippen LogP contribution in [-0.4, -0.2) is 64.7 Å². The van der Waals surface area contributed by atoms with Gasteiger partial charge in [-0.25, -0.2) is 16.8 Å². The zero-order valence-electron chi connectivity index (χ0n) is 12.6. The number of nitrogens with zero attached hydrogens (tertiary/aromatic N) is 1. The molecule has 25 heavy (non-hydrogen) atoms. The van der Waals surface area contributed by atoms with E-state index in [0.717, 1.165) is 19.6 Å². The molecule has 0 aromatic rings. The minimum atomic E-state index is -6.60. The minimum Gasteiger partial charge on any atom is -0.396 e. The zero-order valence-corrected chi connectivity index (χ0v) is 14.2. The van der Waals surface area contributed by atoms with Crippen LogP contribution in [-0.2, 0) is 20.0 Å². The Labute approximate surface area is 139 Å². The van der Waals surface area contributed by atoms with Crippen LogP contribution in [0, 0.1) is 0 Å². The molecule has 8 nitrogen and oxygen atoms in total. The molecule has 0 aromatic carbocycles. The largest absolute Gasteiger partial charge is 0.512 e. The number of alkyl halides is 6. The number of aliphatic hydroxyl groups is 1. The standard InChI is InChI=1S/C7H14N2O.C2HF6NO4S2/c1-8-4-5-9(7-8)3-2-6-10;3-1(4,5)14(10,11)9-15(12,13)2(6,7)8/h4-5,10H,2-3,6-7H2,1H3;9H/p+1. The Kier molecular flexibility index (Phi) is 8.15. The zero-order chi connectivity index (χ0) is 20.1. The van der Waals surface area contributed by atoms with Crippen molar-refractivity contribution in [2.75, 3.05) is 26.9 Å². The summed E-state index contributed by atoms with van der Waals surface area (Å²) in [5.41, 5.74) is -12.3. The summed E-state index contributed by atoms with van der Waals surface area (Å²) < 4.78 is 108. The van der Waals surface area contributed by atoms with Gasteiger partial charge < -0.3 is 10.0 Å². The SMILES string of the molecule is CN1C=C[NH+](CCCO)C1.O=S(=O)(NS(=O)(=O)C(F)(F)F)C(F)(F)F. The van der Waals surface area contributed by atoms with Crippen molar-refractivity contribution in [1.82, 2.24) is 9.03 Å². The first-order valence-electron chi connectivity index (χ1n) is 6.28. The Bertz CT molecular complexity index is 616. The summed E-state index contributed by atoms with van der Waals surface area (Å²) in [5, 5.41) is 8.54. The predicted molar refractivity (Wildman–Crippen MR) is 72.4 cm³/mol. The van der Waals surface area contributed by atoms with Crippen LogP contribution >= 0.6 is 0 Å². The van der Waals surface area contributed by atoms with Crippen LogP contribution in [0.1, 0.15) is 6.42 Å². The van der Waals surface area contributed by atoms with E-state index in [0.29, 0.717) is 6.61 Å². The smallest absolute Gasteiger partial charge is 0.396 e. The van der Waals surface area contributed by atoms with Crippen LogP contribution in [0.5, 0.6) is 0 Å². The summed E-state index contributed by atoms with van der Waals surface area (Å²) in [7, 11) is -11.1. The van der Waals surface area contributed by atoms with Crippen LogP contribution in [0.4, 0.5) is 26.3 Å². The number of aliphatic hydroxyl groups excluding tert-OH is 1. The Morgan fingerprint density at radius 2 is 1.52 bits per heavy atom. The van der Waals surface area contributed by atoms with Gasteiger partial charge in [0.1, 0.15) is 6.20 Å². The fourth-order valence-electron chi connectivity index (χ4n) is 1.37. The van der Waals surface area contributed by atoms with Crippen LogP contribution in [0.2, 0.25) is 0 Å². The molecule has 0 aliphatic carbocycles. The summed E-state index contributed by atoms with van der Waals surface area (Å²) in [5.74, 6) is 0. The van der Waals surface area contributed by atoms with E-state index < -0.39 is 35.2 Å². The third-order valence-electron chi connectivity index (χ3n) is 2.50. The molecular weight excluding hydrogens is 408 g/mol. The van der Waals surface area contributed by atoms with Gasteiger partial charge in [0.2, 0.25) is 0 Å². The molecule has 0 radical (unpaired) electrons. The van der Waals surface area contributed by atoms with Crippen LogP contribution in [0.25, 0.3) is 0 Å². The first-order valence-corrected chi connectivity index (χ1v) is 9.25. The molecule has 16 heteroatoms. The second kappa shape index (κ2) is 8.52. The van der Waals surface area contributed by atoms with Crippen LogP contribution < -0.4 is 9.03 Å². The van der Waals surface area contributed by atoms with Crippen molar-refractivity contribution in [2.24, 2.45) is 0 Å².